The van der Waals surface area contributed by atoms with Gasteiger partial charge in [0.25, 0.3) is 0 Å². The highest BCUT2D eigenvalue weighted by Gasteiger charge is 2.28. The first-order valence-electron chi connectivity index (χ1n) is 7.52. The van der Waals surface area contributed by atoms with Crippen molar-refractivity contribution in [3.8, 4) is 0 Å². The van der Waals surface area contributed by atoms with Gasteiger partial charge >= 0.3 is 0 Å². The Bertz CT molecular complexity index is 587. The van der Waals surface area contributed by atoms with E-state index in [2.05, 4.69) is 49.5 Å². The molecule has 2 aromatic heterocycles. The molecule has 2 aromatic rings. The number of rotatable bonds is 4. The summed E-state index contributed by atoms with van der Waals surface area (Å²) in [5.74, 6) is 3.07. The van der Waals surface area contributed by atoms with Gasteiger partial charge in [0.2, 0.25) is 0 Å². The molecular formula is C13H22N8. The van der Waals surface area contributed by atoms with Crippen LogP contribution in [0.2, 0.25) is 0 Å². The number of nitrogens with zero attached hydrogens (tertiary/aromatic N) is 7. The van der Waals surface area contributed by atoms with Crippen LogP contribution in [0.5, 0.6) is 0 Å². The molecule has 0 amide bonds. The first-order chi connectivity index (χ1) is 10.1. The van der Waals surface area contributed by atoms with Gasteiger partial charge in [-0.15, -0.1) is 5.10 Å². The molecule has 114 valence electrons. The van der Waals surface area contributed by atoms with Gasteiger partial charge in [0.15, 0.2) is 11.6 Å². The van der Waals surface area contributed by atoms with Gasteiger partial charge in [0.1, 0.15) is 5.82 Å². The lowest BCUT2D eigenvalue weighted by Gasteiger charge is -2.33. The van der Waals surface area contributed by atoms with Crippen molar-refractivity contribution in [2.45, 2.75) is 51.6 Å². The Balaban J connectivity index is 1.79. The molecule has 8 heteroatoms. The lowest BCUT2D eigenvalue weighted by molar-refractivity contribution is 0.129. The second kappa shape index (κ2) is 5.88. The van der Waals surface area contributed by atoms with Gasteiger partial charge in [-0.05, 0) is 29.8 Å². The quantitative estimate of drug-likeness (QED) is 0.909. The fraction of sp³-hybridized carbons (Fsp3) is 0.769. The highest BCUT2D eigenvalue weighted by atomic mass is 15.5. The SMILES string of the molecule is CC(C)c1n[nH]c([C@H]2CCCCN2Cc2nnnn2C)n1. The van der Waals surface area contributed by atoms with E-state index in [1.165, 1.54) is 12.8 Å². The monoisotopic (exact) mass is 290 g/mol. The summed E-state index contributed by atoms with van der Waals surface area (Å²) in [4.78, 5) is 7.06. The molecule has 21 heavy (non-hydrogen) atoms. The van der Waals surface area contributed by atoms with Crippen molar-refractivity contribution in [1.82, 2.24) is 40.3 Å². The standard InChI is InChI=1S/C13H22N8/c1-9(2)12-14-13(17-16-12)10-6-4-5-7-21(10)8-11-15-18-19-20(11)3/h9-10H,4-8H2,1-3H3,(H,14,16,17)/t10-/m1/s1. The van der Waals surface area contributed by atoms with E-state index in [0.717, 1.165) is 37.0 Å². The van der Waals surface area contributed by atoms with Crippen LogP contribution in [0.15, 0.2) is 0 Å². The van der Waals surface area contributed by atoms with E-state index in [1.54, 1.807) is 4.68 Å². The number of H-pyrrole nitrogens is 1. The van der Waals surface area contributed by atoms with E-state index in [9.17, 15) is 0 Å². The van der Waals surface area contributed by atoms with Crippen molar-refractivity contribution in [1.29, 1.82) is 0 Å². The summed E-state index contributed by atoms with van der Waals surface area (Å²) in [6, 6.07) is 0.274. The molecule has 1 aliphatic heterocycles. The summed E-state index contributed by atoms with van der Waals surface area (Å²) in [6.07, 6.45) is 3.51. The maximum Gasteiger partial charge on any atom is 0.165 e. The minimum Gasteiger partial charge on any atom is -0.286 e. The number of aromatic nitrogens is 7. The summed E-state index contributed by atoms with van der Waals surface area (Å²) in [5.41, 5.74) is 0. The summed E-state index contributed by atoms with van der Waals surface area (Å²) < 4.78 is 1.73. The molecule has 1 aliphatic rings. The molecule has 1 fully saturated rings. The second-order valence-electron chi connectivity index (χ2n) is 5.93. The third-order valence-corrected chi connectivity index (χ3v) is 4.02. The second-order valence-corrected chi connectivity index (χ2v) is 5.93. The number of hydrogen-bond donors (Lipinski definition) is 1. The third-order valence-electron chi connectivity index (χ3n) is 4.02. The lowest BCUT2D eigenvalue weighted by Crippen LogP contribution is -2.34. The maximum atomic E-state index is 4.67. The van der Waals surface area contributed by atoms with Crippen molar-refractivity contribution in [3.63, 3.8) is 0 Å². The van der Waals surface area contributed by atoms with Crippen molar-refractivity contribution < 1.29 is 0 Å². The first kappa shape index (κ1) is 14.1. The van der Waals surface area contributed by atoms with E-state index < -0.39 is 0 Å². The summed E-state index contributed by atoms with van der Waals surface area (Å²) in [6.45, 7) is 5.99. The zero-order chi connectivity index (χ0) is 14.8. The van der Waals surface area contributed by atoms with Crippen LogP contribution in [0, 0.1) is 0 Å². The molecule has 3 rings (SSSR count). The Kier molecular flexibility index (Phi) is 3.96. The predicted molar refractivity (Wildman–Crippen MR) is 76.3 cm³/mol. The minimum absolute atomic E-state index is 0.274. The molecule has 1 atom stereocenters. The number of piperidine rings is 1. The van der Waals surface area contributed by atoms with Crippen molar-refractivity contribution >= 4 is 0 Å². The summed E-state index contributed by atoms with van der Waals surface area (Å²) in [7, 11) is 1.87. The van der Waals surface area contributed by atoms with Crippen molar-refractivity contribution in [2.24, 2.45) is 7.05 Å². The van der Waals surface area contributed by atoms with Crippen molar-refractivity contribution in [2.75, 3.05) is 6.54 Å². The van der Waals surface area contributed by atoms with Crippen LogP contribution >= 0.6 is 0 Å². The molecule has 0 spiro atoms. The number of hydrogen-bond acceptors (Lipinski definition) is 6. The minimum atomic E-state index is 0.274. The smallest absolute Gasteiger partial charge is 0.165 e. The highest BCUT2D eigenvalue weighted by molar-refractivity contribution is 5.02. The Morgan fingerprint density at radius 1 is 1.33 bits per heavy atom. The number of aryl methyl sites for hydroxylation is 1. The molecule has 0 saturated carbocycles. The van der Waals surface area contributed by atoms with Crippen molar-refractivity contribution in [3.05, 3.63) is 17.5 Å². The van der Waals surface area contributed by atoms with E-state index in [0.29, 0.717) is 5.92 Å². The van der Waals surface area contributed by atoms with Gasteiger partial charge in [0, 0.05) is 13.0 Å². The fourth-order valence-corrected chi connectivity index (χ4v) is 2.75. The van der Waals surface area contributed by atoms with Crippen LogP contribution in [0.3, 0.4) is 0 Å². The number of likely N-dealkylation sites (tertiary alicyclic amines) is 1. The van der Waals surface area contributed by atoms with Gasteiger partial charge in [-0.2, -0.15) is 5.10 Å². The predicted octanol–water partition coefficient (Wildman–Crippen LogP) is 1.18. The normalized spacial score (nSPS) is 20.3. The first-order valence-corrected chi connectivity index (χ1v) is 7.52. The van der Waals surface area contributed by atoms with Gasteiger partial charge in [-0.25, -0.2) is 9.67 Å². The average Bonchev–Trinajstić information content (AvgIpc) is 3.10. The number of nitrogens with one attached hydrogen (secondary N) is 1. The molecular weight excluding hydrogens is 268 g/mol. The number of tetrazole rings is 1. The number of aromatic amines is 1. The van der Waals surface area contributed by atoms with Crippen LogP contribution < -0.4 is 0 Å². The van der Waals surface area contributed by atoms with Crippen LogP contribution in [-0.2, 0) is 13.6 Å². The van der Waals surface area contributed by atoms with Gasteiger partial charge < -0.3 is 0 Å². The van der Waals surface area contributed by atoms with Crippen LogP contribution in [0.4, 0.5) is 0 Å². The van der Waals surface area contributed by atoms with Crippen LogP contribution in [0.25, 0.3) is 0 Å². The van der Waals surface area contributed by atoms with E-state index in [-0.39, 0.29) is 6.04 Å². The Morgan fingerprint density at radius 2 is 2.19 bits per heavy atom. The zero-order valence-corrected chi connectivity index (χ0v) is 12.8. The molecule has 8 nitrogen and oxygen atoms in total. The van der Waals surface area contributed by atoms with E-state index >= 15 is 0 Å². The van der Waals surface area contributed by atoms with Gasteiger partial charge in [-0.1, -0.05) is 20.3 Å². The average molecular weight is 290 g/mol. The van der Waals surface area contributed by atoms with Crippen LogP contribution in [-0.4, -0.2) is 46.8 Å². The Labute approximate surface area is 123 Å². The highest BCUT2D eigenvalue weighted by Crippen LogP contribution is 2.30. The summed E-state index contributed by atoms with van der Waals surface area (Å²) in [5, 5.41) is 19.1. The molecule has 3 heterocycles. The van der Waals surface area contributed by atoms with Gasteiger partial charge in [0.05, 0.1) is 12.6 Å². The molecule has 0 radical (unpaired) electrons. The fourth-order valence-electron chi connectivity index (χ4n) is 2.75. The Hall–Kier alpha value is -1.83. The zero-order valence-electron chi connectivity index (χ0n) is 12.8. The Morgan fingerprint density at radius 3 is 2.86 bits per heavy atom. The lowest BCUT2D eigenvalue weighted by atomic mass is 10.0. The third kappa shape index (κ3) is 2.94. The van der Waals surface area contributed by atoms with E-state index in [1.807, 2.05) is 7.05 Å². The maximum absolute atomic E-state index is 4.67. The largest absolute Gasteiger partial charge is 0.286 e. The topological polar surface area (TPSA) is 88.4 Å². The summed E-state index contributed by atoms with van der Waals surface area (Å²) >= 11 is 0. The van der Waals surface area contributed by atoms with Gasteiger partial charge in [-0.3, -0.25) is 10.00 Å². The molecule has 0 aliphatic carbocycles. The molecule has 0 aromatic carbocycles. The van der Waals surface area contributed by atoms with Crippen LogP contribution in [0.1, 0.15) is 62.5 Å². The van der Waals surface area contributed by atoms with E-state index in [4.69, 9.17) is 0 Å². The molecule has 1 saturated heterocycles. The molecule has 0 bridgehead atoms. The molecule has 0 unspecified atom stereocenters. The molecule has 1 N–H and O–H groups in total.